The van der Waals surface area contributed by atoms with Gasteiger partial charge in [0.15, 0.2) is 17.3 Å². The average molecular weight is 211 g/mol. The standard InChI is InChI=1S/C11H14FNO2/c1-6-5-7(11(13)3-4-11)8(12)10(15-2)9(6)14/h5,14H,3-4,13H2,1-2H3. The fourth-order valence-corrected chi connectivity index (χ4v) is 1.71. The number of rotatable bonds is 2. The van der Waals surface area contributed by atoms with Gasteiger partial charge >= 0.3 is 0 Å². The Morgan fingerprint density at radius 3 is 2.60 bits per heavy atom. The van der Waals surface area contributed by atoms with Gasteiger partial charge in [-0.1, -0.05) is 0 Å². The van der Waals surface area contributed by atoms with E-state index in [0.29, 0.717) is 11.1 Å². The summed E-state index contributed by atoms with van der Waals surface area (Å²) >= 11 is 0. The SMILES string of the molecule is COc1c(O)c(C)cc(C2(N)CC2)c1F. The molecule has 3 nitrogen and oxygen atoms in total. The molecule has 2 rings (SSSR count). The van der Waals surface area contributed by atoms with Crippen LogP contribution in [-0.2, 0) is 5.54 Å². The van der Waals surface area contributed by atoms with Crippen LogP contribution < -0.4 is 10.5 Å². The van der Waals surface area contributed by atoms with Crippen LogP contribution in [0.1, 0.15) is 24.0 Å². The molecule has 0 spiro atoms. The Morgan fingerprint density at radius 2 is 2.13 bits per heavy atom. The Labute approximate surface area is 87.7 Å². The first kappa shape index (κ1) is 10.2. The Kier molecular flexibility index (Phi) is 2.12. The van der Waals surface area contributed by atoms with Gasteiger partial charge in [0.05, 0.1) is 7.11 Å². The fourth-order valence-electron chi connectivity index (χ4n) is 1.71. The molecule has 3 N–H and O–H groups in total. The Balaban J connectivity index is 2.62. The molecule has 0 heterocycles. The molecule has 1 fully saturated rings. The predicted molar refractivity (Wildman–Crippen MR) is 54.5 cm³/mol. The minimum absolute atomic E-state index is 0.110. The van der Waals surface area contributed by atoms with E-state index in [-0.39, 0.29) is 11.5 Å². The molecule has 0 atom stereocenters. The molecule has 0 aromatic heterocycles. The summed E-state index contributed by atoms with van der Waals surface area (Å²) in [6.45, 7) is 1.70. The van der Waals surface area contributed by atoms with Crippen molar-refractivity contribution in [2.75, 3.05) is 7.11 Å². The van der Waals surface area contributed by atoms with E-state index in [1.54, 1.807) is 13.0 Å². The van der Waals surface area contributed by atoms with Crippen LogP contribution in [-0.4, -0.2) is 12.2 Å². The lowest BCUT2D eigenvalue weighted by Gasteiger charge is -2.15. The molecule has 1 aromatic rings. The first-order valence-electron chi connectivity index (χ1n) is 4.85. The number of phenolic OH excluding ortho intramolecular Hbond substituents is 1. The lowest BCUT2D eigenvalue weighted by molar-refractivity contribution is 0.346. The molecule has 0 aliphatic heterocycles. The maximum atomic E-state index is 13.9. The van der Waals surface area contributed by atoms with Crippen molar-refractivity contribution in [1.29, 1.82) is 0 Å². The summed E-state index contributed by atoms with van der Waals surface area (Å²) in [4.78, 5) is 0. The van der Waals surface area contributed by atoms with Crippen molar-refractivity contribution in [1.82, 2.24) is 0 Å². The molecule has 0 saturated heterocycles. The molecule has 1 aliphatic carbocycles. The van der Waals surface area contributed by atoms with Crippen molar-refractivity contribution >= 4 is 0 Å². The zero-order chi connectivity index (χ0) is 11.2. The van der Waals surface area contributed by atoms with Gasteiger partial charge in [0.25, 0.3) is 0 Å². The normalized spacial score (nSPS) is 17.6. The maximum Gasteiger partial charge on any atom is 0.197 e. The first-order valence-corrected chi connectivity index (χ1v) is 4.85. The highest BCUT2D eigenvalue weighted by Crippen LogP contribution is 2.47. The number of methoxy groups -OCH3 is 1. The number of nitrogens with two attached hydrogens (primary N) is 1. The summed E-state index contributed by atoms with van der Waals surface area (Å²) in [7, 11) is 1.33. The number of ether oxygens (including phenoxy) is 1. The van der Waals surface area contributed by atoms with Gasteiger partial charge in [-0.15, -0.1) is 0 Å². The van der Waals surface area contributed by atoms with Crippen molar-refractivity contribution in [3.63, 3.8) is 0 Å². The number of halogens is 1. The Bertz CT molecular complexity index is 414. The van der Waals surface area contributed by atoms with Gasteiger partial charge in [-0.2, -0.15) is 0 Å². The topological polar surface area (TPSA) is 55.5 Å². The van der Waals surface area contributed by atoms with Gasteiger partial charge in [0, 0.05) is 11.1 Å². The van der Waals surface area contributed by atoms with Crippen LogP contribution in [0.5, 0.6) is 11.5 Å². The minimum Gasteiger partial charge on any atom is -0.504 e. The third kappa shape index (κ3) is 1.45. The van der Waals surface area contributed by atoms with Crippen LogP contribution in [0.4, 0.5) is 4.39 Å². The van der Waals surface area contributed by atoms with Gasteiger partial charge in [0.2, 0.25) is 0 Å². The maximum absolute atomic E-state index is 13.9. The monoisotopic (exact) mass is 211 g/mol. The average Bonchev–Trinajstić information content (AvgIpc) is 2.92. The van der Waals surface area contributed by atoms with E-state index in [2.05, 4.69) is 0 Å². The third-order valence-corrected chi connectivity index (χ3v) is 2.91. The van der Waals surface area contributed by atoms with Gasteiger partial charge < -0.3 is 15.6 Å². The third-order valence-electron chi connectivity index (χ3n) is 2.91. The van der Waals surface area contributed by atoms with Crippen molar-refractivity contribution < 1.29 is 14.2 Å². The number of hydrogen-bond donors (Lipinski definition) is 2. The second-order valence-corrected chi connectivity index (χ2v) is 4.09. The van der Waals surface area contributed by atoms with E-state index < -0.39 is 11.4 Å². The second-order valence-electron chi connectivity index (χ2n) is 4.09. The molecular weight excluding hydrogens is 197 g/mol. The zero-order valence-electron chi connectivity index (χ0n) is 8.80. The van der Waals surface area contributed by atoms with E-state index >= 15 is 0 Å². The molecule has 0 unspecified atom stereocenters. The zero-order valence-corrected chi connectivity index (χ0v) is 8.80. The molecule has 0 amide bonds. The smallest absolute Gasteiger partial charge is 0.197 e. The van der Waals surface area contributed by atoms with Crippen molar-refractivity contribution in [3.05, 3.63) is 23.0 Å². The summed E-state index contributed by atoms with van der Waals surface area (Å²) < 4.78 is 18.7. The fraction of sp³-hybridized carbons (Fsp3) is 0.455. The predicted octanol–water partition coefficient (Wildman–Crippen LogP) is 1.80. The molecule has 0 bridgehead atoms. The van der Waals surface area contributed by atoms with Crippen LogP contribution >= 0.6 is 0 Å². The van der Waals surface area contributed by atoms with Gasteiger partial charge in [0.1, 0.15) is 0 Å². The Morgan fingerprint density at radius 1 is 1.53 bits per heavy atom. The van der Waals surface area contributed by atoms with Crippen molar-refractivity contribution in [2.45, 2.75) is 25.3 Å². The summed E-state index contributed by atoms with van der Waals surface area (Å²) in [5, 5.41) is 9.58. The largest absolute Gasteiger partial charge is 0.504 e. The summed E-state index contributed by atoms with van der Waals surface area (Å²) in [6.07, 6.45) is 1.55. The molecule has 1 saturated carbocycles. The van der Waals surface area contributed by atoms with E-state index in [1.165, 1.54) is 7.11 Å². The molecular formula is C11H14FNO2. The highest BCUT2D eigenvalue weighted by Gasteiger charge is 2.43. The number of phenols is 1. The second kappa shape index (κ2) is 3.10. The van der Waals surface area contributed by atoms with E-state index in [9.17, 15) is 9.50 Å². The lowest BCUT2D eigenvalue weighted by Crippen LogP contribution is -2.21. The molecule has 4 heteroatoms. The van der Waals surface area contributed by atoms with E-state index in [4.69, 9.17) is 10.5 Å². The van der Waals surface area contributed by atoms with E-state index in [0.717, 1.165) is 12.8 Å². The Hall–Kier alpha value is -1.29. The van der Waals surface area contributed by atoms with Crippen LogP contribution in [0.2, 0.25) is 0 Å². The number of hydrogen-bond acceptors (Lipinski definition) is 3. The van der Waals surface area contributed by atoms with Gasteiger partial charge in [-0.25, -0.2) is 4.39 Å². The molecule has 1 aliphatic rings. The first-order chi connectivity index (χ1) is 6.99. The summed E-state index contributed by atoms with van der Waals surface area (Å²) in [6, 6.07) is 1.60. The van der Waals surface area contributed by atoms with Gasteiger partial charge in [-0.3, -0.25) is 0 Å². The quantitative estimate of drug-likeness (QED) is 0.784. The highest BCUT2D eigenvalue weighted by atomic mass is 19.1. The number of benzene rings is 1. The van der Waals surface area contributed by atoms with Crippen LogP contribution in [0.25, 0.3) is 0 Å². The summed E-state index contributed by atoms with van der Waals surface area (Å²) in [5.74, 6) is -0.801. The summed E-state index contributed by atoms with van der Waals surface area (Å²) in [5.41, 5.74) is 6.40. The van der Waals surface area contributed by atoms with Crippen molar-refractivity contribution in [3.8, 4) is 11.5 Å². The molecule has 1 aromatic carbocycles. The van der Waals surface area contributed by atoms with Crippen LogP contribution in [0.3, 0.4) is 0 Å². The van der Waals surface area contributed by atoms with Gasteiger partial charge in [-0.05, 0) is 31.4 Å². The molecule has 82 valence electrons. The molecule has 15 heavy (non-hydrogen) atoms. The van der Waals surface area contributed by atoms with Crippen LogP contribution in [0, 0.1) is 12.7 Å². The lowest BCUT2D eigenvalue weighted by atomic mass is 10.0. The van der Waals surface area contributed by atoms with Crippen molar-refractivity contribution in [2.24, 2.45) is 5.73 Å². The molecule has 0 radical (unpaired) electrons. The minimum atomic E-state index is -0.560. The van der Waals surface area contributed by atoms with E-state index in [1.807, 2.05) is 0 Å². The number of aryl methyl sites for hydroxylation is 1. The highest BCUT2D eigenvalue weighted by molar-refractivity contribution is 5.51. The number of aromatic hydroxyl groups is 1. The van der Waals surface area contributed by atoms with Crippen LogP contribution in [0.15, 0.2) is 6.07 Å².